The Morgan fingerprint density at radius 1 is 1.32 bits per heavy atom. The molecule has 2 saturated heterocycles. The highest BCUT2D eigenvalue weighted by Crippen LogP contribution is 2.26. The molecular formula is C16H23N5O4. The molecule has 0 aliphatic carbocycles. The highest BCUT2D eigenvalue weighted by atomic mass is 16.6. The number of nitrogens with zero attached hydrogens (tertiary/aromatic N) is 4. The molecule has 1 N–H and O–H groups in total. The van der Waals surface area contributed by atoms with Crippen LogP contribution in [0.5, 0.6) is 0 Å². The number of hydrogen-bond donors (Lipinski definition) is 1. The molecule has 2 fully saturated rings. The summed E-state index contributed by atoms with van der Waals surface area (Å²) in [4.78, 5) is 35.9. The summed E-state index contributed by atoms with van der Waals surface area (Å²) in [6.07, 6.45) is 4.59. The zero-order chi connectivity index (χ0) is 17.9. The summed E-state index contributed by atoms with van der Waals surface area (Å²) in [7, 11) is 0. The summed E-state index contributed by atoms with van der Waals surface area (Å²) in [5.41, 5.74) is -0.160. The molecule has 0 radical (unpaired) electrons. The molecule has 1 unspecified atom stereocenters. The lowest BCUT2D eigenvalue weighted by Crippen LogP contribution is -2.62. The molecule has 0 saturated carbocycles. The monoisotopic (exact) mass is 349 g/mol. The maximum Gasteiger partial charge on any atom is 0.317 e. The van der Waals surface area contributed by atoms with Crippen molar-refractivity contribution in [3.05, 3.63) is 18.7 Å². The van der Waals surface area contributed by atoms with Crippen LogP contribution < -0.4 is 10.2 Å². The number of aromatic nitrogens is 2. The second-order valence-electron chi connectivity index (χ2n) is 6.63. The lowest BCUT2D eigenvalue weighted by molar-refractivity contribution is -0.145. The normalized spacial score (nSPS) is 24.5. The van der Waals surface area contributed by atoms with Gasteiger partial charge in [0.1, 0.15) is 18.5 Å². The van der Waals surface area contributed by atoms with Gasteiger partial charge in [-0.15, -0.1) is 0 Å². The number of amides is 3. The van der Waals surface area contributed by atoms with Crippen LogP contribution in [-0.2, 0) is 14.3 Å². The topological polar surface area (TPSA) is 96.9 Å². The third-order valence-corrected chi connectivity index (χ3v) is 4.16. The van der Waals surface area contributed by atoms with E-state index in [1.165, 1.54) is 6.33 Å². The van der Waals surface area contributed by atoms with Crippen molar-refractivity contribution in [1.82, 2.24) is 20.2 Å². The molecule has 1 spiro atoms. The standard InChI is InChI=1S/C16H23N5O4/c1-12(2)19-15(23)20-3-4-24-10-16(8-20)9-21(14(22)7-25-16)13-5-17-11-18-6-13/h5-6,11-12H,3-4,7-10H2,1-2H3,(H,19,23). The Balaban J connectivity index is 1.79. The van der Waals surface area contributed by atoms with E-state index < -0.39 is 5.60 Å². The first-order chi connectivity index (χ1) is 12.0. The van der Waals surface area contributed by atoms with Gasteiger partial charge in [-0.3, -0.25) is 4.79 Å². The molecule has 2 aliphatic rings. The molecule has 2 aliphatic heterocycles. The predicted octanol–water partition coefficient (Wildman–Crippen LogP) is 0.0288. The third kappa shape index (κ3) is 4.05. The van der Waals surface area contributed by atoms with Gasteiger partial charge in [0.15, 0.2) is 0 Å². The second kappa shape index (κ2) is 7.32. The van der Waals surface area contributed by atoms with E-state index in [2.05, 4.69) is 15.3 Å². The molecule has 0 bridgehead atoms. The SMILES string of the molecule is CC(C)NC(=O)N1CCOCC2(C1)CN(c1cncnc1)C(=O)CO2. The first kappa shape index (κ1) is 17.6. The van der Waals surface area contributed by atoms with Crippen LogP contribution in [0.15, 0.2) is 18.7 Å². The van der Waals surface area contributed by atoms with Gasteiger partial charge in [-0.05, 0) is 13.8 Å². The van der Waals surface area contributed by atoms with E-state index in [9.17, 15) is 9.59 Å². The smallest absolute Gasteiger partial charge is 0.317 e. The van der Waals surface area contributed by atoms with Crippen LogP contribution in [-0.4, -0.2) is 77.9 Å². The Kier molecular flexibility index (Phi) is 5.14. The quantitative estimate of drug-likeness (QED) is 0.809. The van der Waals surface area contributed by atoms with Gasteiger partial charge in [0.2, 0.25) is 0 Å². The van der Waals surface area contributed by atoms with Crippen LogP contribution in [0, 0.1) is 0 Å². The van der Waals surface area contributed by atoms with Crippen molar-refractivity contribution in [3.8, 4) is 0 Å². The van der Waals surface area contributed by atoms with E-state index in [4.69, 9.17) is 9.47 Å². The van der Waals surface area contributed by atoms with Gasteiger partial charge in [0.05, 0.1) is 44.4 Å². The minimum absolute atomic E-state index is 0.0411. The average molecular weight is 349 g/mol. The number of carbonyl (C=O) groups excluding carboxylic acids is 2. The Hall–Kier alpha value is -2.26. The lowest BCUT2D eigenvalue weighted by Gasteiger charge is -2.42. The van der Waals surface area contributed by atoms with E-state index >= 15 is 0 Å². The molecule has 9 nitrogen and oxygen atoms in total. The fourth-order valence-electron chi connectivity index (χ4n) is 2.98. The van der Waals surface area contributed by atoms with Gasteiger partial charge < -0.3 is 24.6 Å². The number of nitrogens with one attached hydrogen (secondary N) is 1. The minimum atomic E-state index is -0.769. The number of morpholine rings is 1. The van der Waals surface area contributed by atoms with Gasteiger partial charge >= 0.3 is 6.03 Å². The number of urea groups is 1. The van der Waals surface area contributed by atoms with Crippen LogP contribution >= 0.6 is 0 Å². The summed E-state index contributed by atoms with van der Waals surface area (Å²) >= 11 is 0. The maximum atomic E-state index is 12.4. The highest BCUT2D eigenvalue weighted by molar-refractivity contribution is 5.94. The number of ether oxygens (including phenoxy) is 2. The van der Waals surface area contributed by atoms with Gasteiger partial charge in [0.25, 0.3) is 5.91 Å². The molecule has 1 aromatic heterocycles. The van der Waals surface area contributed by atoms with Crippen molar-refractivity contribution in [1.29, 1.82) is 0 Å². The van der Waals surface area contributed by atoms with Crippen LogP contribution in [0.4, 0.5) is 10.5 Å². The number of carbonyl (C=O) groups is 2. The van der Waals surface area contributed by atoms with Crippen molar-refractivity contribution in [3.63, 3.8) is 0 Å². The fourth-order valence-corrected chi connectivity index (χ4v) is 2.98. The minimum Gasteiger partial charge on any atom is -0.376 e. The van der Waals surface area contributed by atoms with Crippen LogP contribution in [0.1, 0.15) is 13.8 Å². The van der Waals surface area contributed by atoms with E-state index in [0.29, 0.717) is 32.0 Å². The molecule has 25 heavy (non-hydrogen) atoms. The average Bonchev–Trinajstić information content (AvgIpc) is 2.80. The van der Waals surface area contributed by atoms with Gasteiger partial charge in [-0.1, -0.05) is 0 Å². The van der Waals surface area contributed by atoms with Gasteiger partial charge in [-0.25, -0.2) is 14.8 Å². The molecule has 3 heterocycles. The molecule has 1 aromatic rings. The zero-order valence-corrected chi connectivity index (χ0v) is 14.5. The third-order valence-electron chi connectivity index (χ3n) is 4.16. The number of hydrogen-bond acceptors (Lipinski definition) is 6. The zero-order valence-electron chi connectivity index (χ0n) is 14.5. The Labute approximate surface area is 146 Å². The van der Waals surface area contributed by atoms with Gasteiger partial charge in [0, 0.05) is 12.6 Å². The maximum absolute atomic E-state index is 12.4. The van der Waals surface area contributed by atoms with Gasteiger partial charge in [-0.2, -0.15) is 0 Å². The summed E-state index contributed by atoms with van der Waals surface area (Å²) in [6, 6.07) is -0.116. The lowest BCUT2D eigenvalue weighted by atomic mass is 10.0. The van der Waals surface area contributed by atoms with Crippen LogP contribution in [0.2, 0.25) is 0 Å². The van der Waals surface area contributed by atoms with Crippen LogP contribution in [0.3, 0.4) is 0 Å². The van der Waals surface area contributed by atoms with Crippen LogP contribution in [0.25, 0.3) is 0 Å². The van der Waals surface area contributed by atoms with E-state index in [-0.39, 0.29) is 31.1 Å². The Bertz CT molecular complexity index is 626. The second-order valence-corrected chi connectivity index (χ2v) is 6.63. The molecular weight excluding hydrogens is 326 g/mol. The molecule has 9 heteroatoms. The van der Waals surface area contributed by atoms with E-state index in [1.807, 2.05) is 13.8 Å². The highest BCUT2D eigenvalue weighted by Gasteiger charge is 2.44. The molecule has 136 valence electrons. The summed E-state index contributed by atoms with van der Waals surface area (Å²) in [6.45, 7) is 5.61. The predicted molar refractivity (Wildman–Crippen MR) is 89.1 cm³/mol. The molecule has 1 atom stereocenters. The number of anilines is 1. The van der Waals surface area contributed by atoms with Crippen molar-refractivity contribution < 1.29 is 19.1 Å². The molecule has 3 amide bonds. The Morgan fingerprint density at radius 2 is 2.08 bits per heavy atom. The molecule has 3 rings (SSSR count). The van der Waals surface area contributed by atoms with Crippen molar-refractivity contribution in [2.24, 2.45) is 0 Å². The number of rotatable bonds is 2. The van der Waals surface area contributed by atoms with Crippen molar-refractivity contribution in [2.45, 2.75) is 25.5 Å². The summed E-state index contributed by atoms with van der Waals surface area (Å²) in [5.74, 6) is -0.164. The summed E-state index contributed by atoms with van der Waals surface area (Å²) in [5, 5.41) is 2.89. The largest absolute Gasteiger partial charge is 0.376 e. The van der Waals surface area contributed by atoms with Crippen molar-refractivity contribution >= 4 is 17.6 Å². The Morgan fingerprint density at radius 3 is 2.80 bits per heavy atom. The molecule has 0 aromatic carbocycles. The fraction of sp³-hybridized carbons (Fsp3) is 0.625. The van der Waals surface area contributed by atoms with E-state index in [1.54, 1.807) is 22.2 Å². The summed E-state index contributed by atoms with van der Waals surface area (Å²) < 4.78 is 11.5. The van der Waals surface area contributed by atoms with Crippen molar-refractivity contribution in [2.75, 3.05) is 44.4 Å². The van der Waals surface area contributed by atoms with E-state index in [0.717, 1.165) is 0 Å². The first-order valence-electron chi connectivity index (χ1n) is 8.32. The first-order valence-corrected chi connectivity index (χ1v) is 8.32.